The van der Waals surface area contributed by atoms with Crippen molar-refractivity contribution in [1.29, 1.82) is 0 Å². The molecular weight excluding hydrogens is 709 g/mol. The van der Waals surface area contributed by atoms with Crippen molar-refractivity contribution in [2.45, 2.75) is 258 Å². The highest BCUT2D eigenvalue weighted by Crippen LogP contribution is 2.43. The molecule has 0 aliphatic carbocycles. The molecule has 0 saturated heterocycles. The molecule has 0 radical (unpaired) electrons. The van der Waals surface area contributed by atoms with Gasteiger partial charge in [-0.3, -0.25) is 13.8 Å². The summed E-state index contributed by atoms with van der Waals surface area (Å²) in [7, 11) is -4.27. The Morgan fingerprint density at radius 1 is 0.473 bits per heavy atom. The molecule has 0 aliphatic rings. The van der Waals surface area contributed by atoms with Crippen LogP contribution in [0, 0.1) is 0 Å². The Balaban J connectivity index is 3.84. The molecule has 0 aliphatic heterocycles. The molecule has 0 saturated carbocycles. The van der Waals surface area contributed by atoms with Gasteiger partial charge in [-0.15, -0.1) is 0 Å². The largest absolute Gasteiger partial charge is 0.472 e. The average molecular weight is 804 g/mol. The van der Waals surface area contributed by atoms with Crippen LogP contribution < -0.4 is 5.73 Å². The minimum absolute atomic E-state index is 0.0900. The number of esters is 1. The van der Waals surface area contributed by atoms with Crippen LogP contribution in [0.1, 0.15) is 251 Å². The number of hydrogen-bond acceptors (Lipinski definition) is 7. The van der Waals surface area contributed by atoms with Crippen LogP contribution in [0.15, 0.2) is 0 Å². The van der Waals surface area contributed by atoms with Crippen LogP contribution in [0.4, 0.5) is 0 Å². The normalized spacial score (nSPS) is 13.3. The van der Waals surface area contributed by atoms with E-state index in [9.17, 15) is 14.3 Å². The Bertz CT molecular complexity index is 817. The Hall–Kier alpha value is -0.500. The quantitative estimate of drug-likeness (QED) is 0.0355. The summed E-state index contributed by atoms with van der Waals surface area (Å²) < 4.78 is 33.5. The highest BCUT2D eigenvalue weighted by atomic mass is 31.2. The van der Waals surface area contributed by atoms with E-state index in [0.29, 0.717) is 13.0 Å². The summed E-state index contributed by atoms with van der Waals surface area (Å²) in [6.45, 7) is 4.99. The minimum Gasteiger partial charge on any atom is -0.457 e. The molecule has 55 heavy (non-hydrogen) atoms. The maximum absolute atomic E-state index is 12.6. The van der Waals surface area contributed by atoms with Crippen molar-refractivity contribution in [2.75, 3.05) is 33.0 Å². The third-order valence-electron chi connectivity index (χ3n) is 10.8. The van der Waals surface area contributed by atoms with Crippen LogP contribution >= 0.6 is 7.82 Å². The number of phosphoric ester groups is 1. The standard InChI is InChI=1S/C46H94NO7P/c1-3-5-7-9-11-13-15-17-18-19-20-21-22-23-24-25-26-27-28-29-31-33-35-37-39-46(48)54-45(44-53-55(49,50)52-42-40-47)43-51-41-38-36-34-32-30-16-14-12-10-8-6-4-2/h45H,3-44,47H2,1-2H3,(H,49,50). The lowest BCUT2D eigenvalue weighted by molar-refractivity contribution is -0.154. The Morgan fingerprint density at radius 2 is 0.800 bits per heavy atom. The summed E-state index contributed by atoms with van der Waals surface area (Å²) in [5.41, 5.74) is 5.37. The van der Waals surface area contributed by atoms with E-state index in [1.54, 1.807) is 0 Å². The number of phosphoric acid groups is 1. The zero-order valence-electron chi connectivity index (χ0n) is 36.7. The molecule has 0 fully saturated rings. The van der Waals surface area contributed by atoms with Gasteiger partial charge in [0.2, 0.25) is 0 Å². The molecule has 8 nitrogen and oxygen atoms in total. The topological polar surface area (TPSA) is 117 Å². The van der Waals surface area contributed by atoms with E-state index in [1.165, 1.54) is 199 Å². The van der Waals surface area contributed by atoms with Crippen molar-refractivity contribution in [1.82, 2.24) is 0 Å². The first-order valence-corrected chi connectivity index (χ1v) is 25.5. The lowest BCUT2D eigenvalue weighted by Gasteiger charge is -2.20. The predicted molar refractivity (Wildman–Crippen MR) is 234 cm³/mol. The minimum atomic E-state index is -4.27. The number of rotatable bonds is 47. The first-order valence-electron chi connectivity index (χ1n) is 24.0. The van der Waals surface area contributed by atoms with Crippen molar-refractivity contribution < 1.29 is 32.8 Å². The number of carbonyl (C=O) groups excluding carboxylic acids is 1. The smallest absolute Gasteiger partial charge is 0.457 e. The van der Waals surface area contributed by atoms with E-state index in [-0.39, 0.29) is 32.3 Å². The molecule has 0 aromatic carbocycles. The molecule has 330 valence electrons. The maximum atomic E-state index is 12.6. The van der Waals surface area contributed by atoms with Gasteiger partial charge >= 0.3 is 13.8 Å². The van der Waals surface area contributed by atoms with E-state index in [2.05, 4.69) is 13.8 Å². The van der Waals surface area contributed by atoms with Gasteiger partial charge < -0.3 is 20.1 Å². The molecule has 0 aromatic rings. The van der Waals surface area contributed by atoms with Crippen LogP contribution in [0.3, 0.4) is 0 Å². The van der Waals surface area contributed by atoms with E-state index >= 15 is 0 Å². The first kappa shape index (κ1) is 54.5. The van der Waals surface area contributed by atoms with Crippen LogP contribution in [0.25, 0.3) is 0 Å². The molecule has 2 atom stereocenters. The molecule has 9 heteroatoms. The van der Waals surface area contributed by atoms with Gasteiger partial charge in [0, 0.05) is 19.6 Å². The molecule has 0 rings (SSSR count). The summed E-state index contributed by atoms with van der Waals surface area (Å²) in [6.07, 6.45) is 47.1. The van der Waals surface area contributed by atoms with Gasteiger partial charge in [0.15, 0.2) is 0 Å². The van der Waals surface area contributed by atoms with Gasteiger partial charge in [-0.2, -0.15) is 0 Å². The van der Waals surface area contributed by atoms with Gasteiger partial charge in [-0.25, -0.2) is 4.57 Å². The van der Waals surface area contributed by atoms with Crippen molar-refractivity contribution in [3.8, 4) is 0 Å². The number of hydrogen-bond donors (Lipinski definition) is 2. The summed E-state index contributed by atoms with van der Waals surface area (Å²) >= 11 is 0. The molecule has 0 amide bonds. The molecule has 3 N–H and O–H groups in total. The predicted octanol–water partition coefficient (Wildman–Crippen LogP) is 14.5. The summed E-state index contributed by atoms with van der Waals surface area (Å²) in [5, 5.41) is 0. The molecule has 2 unspecified atom stereocenters. The number of ether oxygens (including phenoxy) is 2. The lowest BCUT2D eigenvalue weighted by Crippen LogP contribution is -2.28. The fraction of sp³-hybridized carbons (Fsp3) is 0.978. The van der Waals surface area contributed by atoms with Crippen molar-refractivity contribution in [3.05, 3.63) is 0 Å². The highest BCUT2D eigenvalue weighted by Gasteiger charge is 2.25. The monoisotopic (exact) mass is 804 g/mol. The Morgan fingerprint density at radius 3 is 1.15 bits per heavy atom. The maximum Gasteiger partial charge on any atom is 0.472 e. The summed E-state index contributed by atoms with van der Waals surface area (Å²) in [4.78, 5) is 22.5. The lowest BCUT2D eigenvalue weighted by atomic mass is 10.0. The van der Waals surface area contributed by atoms with Crippen LogP contribution in [-0.4, -0.2) is 49.9 Å². The Kier molecular flexibility index (Phi) is 44.2. The SMILES string of the molecule is CCCCCCCCCCCCCCCCCCCCCCCCCCC(=O)OC(COCCCCCCCCCCCCCC)COP(=O)(O)OCCN. The van der Waals surface area contributed by atoms with Gasteiger partial charge in [0.25, 0.3) is 0 Å². The average Bonchev–Trinajstić information content (AvgIpc) is 3.17. The second-order valence-corrected chi connectivity index (χ2v) is 17.8. The second-order valence-electron chi connectivity index (χ2n) is 16.3. The van der Waals surface area contributed by atoms with Crippen LogP contribution in [0.5, 0.6) is 0 Å². The van der Waals surface area contributed by atoms with E-state index < -0.39 is 13.9 Å². The van der Waals surface area contributed by atoms with Crippen LogP contribution in [0.2, 0.25) is 0 Å². The van der Waals surface area contributed by atoms with E-state index in [0.717, 1.165) is 32.1 Å². The van der Waals surface area contributed by atoms with Gasteiger partial charge in [-0.1, -0.05) is 232 Å². The molecule has 0 heterocycles. The van der Waals surface area contributed by atoms with Crippen molar-refractivity contribution >= 4 is 13.8 Å². The van der Waals surface area contributed by atoms with Crippen molar-refractivity contribution in [3.63, 3.8) is 0 Å². The van der Waals surface area contributed by atoms with Crippen molar-refractivity contribution in [2.24, 2.45) is 5.73 Å². The zero-order chi connectivity index (χ0) is 40.2. The molecule has 0 spiro atoms. The highest BCUT2D eigenvalue weighted by molar-refractivity contribution is 7.47. The third kappa shape index (κ3) is 44.4. The molecule has 0 aromatic heterocycles. The van der Waals surface area contributed by atoms with Gasteiger partial charge in [0.1, 0.15) is 6.10 Å². The first-order chi connectivity index (χ1) is 26.9. The van der Waals surface area contributed by atoms with Gasteiger partial charge in [-0.05, 0) is 12.8 Å². The van der Waals surface area contributed by atoms with Crippen LogP contribution in [-0.2, 0) is 27.9 Å². The fourth-order valence-electron chi connectivity index (χ4n) is 7.24. The van der Waals surface area contributed by atoms with E-state index in [4.69, 9.17) is 24.3 Å². The molecular formula is C46H94NO7P. The van der Waals surface area contributed by atoms with Gasteiger partial charge in [0.05, 0.1) is 19.8 Å². The zero-order valence-corrected chi connectivity index (χ0v) is 37.6. The third-order valence-corrected chi connectivity index (χ3v) is 11.8. The number of unbranched alkanes of at least 4 members (excludes halogenated alkanes) is 34. The number of carbonyl (C=O) groups is 1. The summed E-state index contributed by atoms with van der Waals surface area (Å²) in [5.74, 6) is -0.322. The molecule has 0 bridgehead atoms. The van der Waals surface area contributed by atoms with E-state index in [1.807, 2.05) is 0 Å². The number of nitrogens with two attached hydrogens (primary N) is 1. The Labute approximate surface area is 341 Å². The summed E-state index contributed by atoms with van der Waals surface area (Å²) in [6, 6.07) is 0. The fourth-order valence-corrected chi connectivity index (χ4v) is 8.00. The second kappa shape index (κ2) is 44.6.